The highest BCUT2D eigenvalue weighted by Gasteiger charge is 2.29. The molecule has 0 unspecified atom stereocenters. The number of hydrogen-bond donors (Lipinski definition) is 2. The molecular weight excluding hydrogens is 389 g/mol. The molecule has 0 heterocycles. The Morgan fingerprint density at radius 2 is 1.60 bits per heavy atom. The highest BCUT2D eigenvalue weighted by Crippen LogP contribution is 2.44. The Kier molecular flexibility index (Phi) is 5.10. The van der Waals surface area contributed by atoms with Crippen molar-refractivity contribution < 1.29 is 28.6 Å². The van der Waals surface area contributed by atoms with Crippen molar-refractivity contribution in [3.05, 3.63) is 83.2 Å². The van der Waals surface area contributed by atoms with Gasteiger partial charge >= 0.3 is 12.1 Å². The molecule has 0 aromatic heterocycles. The number of anilines is 1. The van der Waals surface area contributed by atoms with Crippen LogP contribution in [-0.2, 0) is 9.47 Å². The van der Waals surface area contributed by atoms with Crippen LogP contribution in [0.4, 0.5) is 14.9 Å². The largest absolute Gasteiger partial charge is 0.506 e. The molecule has 0 saturated heterocycles. The number of aromatic hydroxyl groups is 1. The van der Waals surface area contributed by atoms with E-state index in [-0.39, 0.29) is 12.5 Å². The summed E-state index contributed by atoms with van der Waals surface area (Å²) < 4.78 is 24.4. The summed E-state index contributed by atoms with van der Waals surface area (Å²) in [6.07, 6.45) is -0.951. The van der Waals surface area contributed by atoms with E-state index >= 15 is 0 Å². The van der Waals surface area contributed by atoms with Gasteiger partial charge in [0.2, 0.25) is 0 Å². The molecule has 0 atom stereocenters. The predicted octanol–water partition coefficient (Wildman–Crippen LogP) is 4.68. The fraction of sp³-hybridized carbons (Fsp3) is 0.130. The Bertz CT molecular complexity index is 1100. The minimum Gasteiger partial charge on any atom is -0.506 e. The molecule has 7 heteroatoms. The number of halogens is 1. The van der Waals surface area contributed by atoms with Crippen LogP contribution in [0.5, 0.6) is 5.75 Å². The second-order valence-electron chi connectivity index (χ2n) is 6.76. The van der Waals surface area contributed by atoms with E-state index in [0.717, 1.165) is 41.5 Å². The topological polar surface area (TPSA) is 84.9 Å². The first kappa shape index (κ1) is 19.4. The molecule has 3 aromatic rings. The molecule has 0 spiro atoms. The van der Waals surface area contributed by atoms with Gasteiger partial charge in [-0.15, -0.1) is 0 Å². The van der Waals surface area contributed by atoms with E-state index in [2.05, 4.69) is 10.1 Å². The Balaban J connectivity index is 1.52. The van der Waals surface area contributed by atoms with Crippen molar-refractivity contribution in [3.8, 4) is 16.9 Å². The second kappa shape index (κ2) is 7.87. The number of fused-ring (bicyclic) bond motifs is 3. The third-order valence-electron chi connectivity index (χ3n) is 5.10. The summed E-state index contributed by atoms with van der Waals surface area (Å²) in [5.41, 5.74) is 3.27. The fourth-order valence-corrected chi connectivity index (χ4v) is 3.69. The lowest BCUT2D eigenvalue weighted by Crippen LogP contribution is -2.19. The van der Waals surface area contributed by atoms with Crippen molar-refractivity contribution in [2.75, 3.05) is 19.0 Å². The van der Waals surface area contributed by atoms with Gasteiger partial charge in [0.05, 0.1) is 12.7 Å². The highest BCUT2D eigenvalue weighted by atomic mass is 19.1. The summed E-state index contributed by atoms with van der Waals surface area (Å²) in [5.74, 6) is -2.73. The van der Waals surface area contributed by atoms with Crippen molar-refractivity contribution >= 4 is 17.7 Å². The monoisotopic (exact) mass is 407 g/mol. The summed E-state index contributed by atoms with van der Waals surface area (Å²) >= 11 is 0. The van der Waals surface area contributed by atoms with Crippen LogP contribution in [0.2, 0.25) is 0 Å². The average Bonchev–Trinajstić information content (AvgIpc) is 3.08. The Morgan fingerprint density at radius 1 is 1.00 bits per heavy atom. The first-order valence-corrected chi connectivity index (χ1v) is 9.23. The van der Waals surface area contributed by atoms with Crippen LogP contribution in [0.15, 0.2) is 60.7 Å². The van der Waals surface area contributed by atoms with Gasteiger partial charge in [0.1, 0.15) is 18.0 Å². The molecule has 1 aliphatic rings. The first-order valence-electron chi connectivity index (χ1n) is 9.23. The number of methoxy groups -OCH3 is 1. The molecule has 0 fully saturated rings. The summed E-state index contributed by atoms with van der Waals surface area (Å²) in [7, 11) is 1.10. The molecule has 4 rings (SSSR count). The highest BCUT2D eigenvalue weighted by molar-refractivity contribution is 5.94. The number of ether oxygens (including phenoxy) is 2. The smallest absolute Gasteiger partial charge is 0.411 e. The molecule has 2 N–H and O–H groups in total. The number of phenolic OH excluding ortho intramolecular Hbond substituents is 1. The molecule has 0 saturated carbocycles. The van der Waals surface area contributed by atoms with Gasteiger partial charge in [-0.25, -0.2) is 14.0 Å². The van der Waals surface area contributed by atoms with Gasteiger partial charge in [0.15, 0.2) is 5.82 Å². The van der Waals surface area contributed by atoms with Gasteiger partial charge in [-0.05, 0) is 34.4 Å². The number of amides is 1. The molecule has 1 aliphatic carbocycles. The molecular formula is C23H18FNO5. The molecule has 1 amide bonds. The average molecular weight is 407 g/mol. The molecule has 3 aromatic carbocycles. The number of nitrogens with one attached hydrogen (secondary N) is 1. The molecule has 30 heavy (non-hydrogen) atoms. The summed E-state index contributed by atoms with van der Waals surface area (Å²) in [6, 6.07) is 17.9. The lowest BCUT2D eigenvalue weighted by atomic mass is 9.98. The van der Waals surface area contributed by atoms with E-state index in [1.807, 2.05) is 48.5 Å². The van der Waals surface area contributed by atoms with Gasteiger partial charge < -0.3 is 14.6 Å². The third kappa shape index (κ3) is 3.34. The quantitative estimate of drug-likeness (QED) is 0.485. The number of esters is 1. The maximum atomic E-state index is 14.5. The number of rotatable bonds is 4. The number of hydrogen-bond acceptors (Lipinski definition) is 5. The van der Waals surface area contributed by atoms with Crippen LogP contribution in [-0.4, -0.2) is 30.9 Å². The van der Waals surface area contributed by atoms with Gasteiger partial charge in [0.25, 0.3) is 0 Å². The van der Waals surface area contributed by atoms with Crippen LogP contribution in [0.1, 0.15) is 27.4 Å². The maximum absolute atomic E-state index is 14.5. The van der Waals surface area contributed by atoms with Crippen molar-refractivity contribution in [1.82, 2.24) is 0 Å². The van der Waals surface area contributed by atoms with Crippen molar-refractivity contribution in [2.45, 2.75) is 5.92 Å². The zero-order chi connectivity index (χ0) is 21.3. The van der Waals surface area contributed by atoms with Crippen LogP contribution in [0.3, 0.4) is 0 Å². The molecule has 0 aliphatic heterocycles. The Hall–Kier alpha value is -3.87. The zero-order valence-electron chi connectivity index (χ0n) is 16.0. The number of benzene rings is 3. The molecule has 0 bridgehead atoms. The second-order valence-corrected chi connectivity index (χ2v) is 6.76. The van der Waals surface area contributed by atoms with E-state index in [0.29, 0.717) is 0 Å². The van der Waals surface area contributed by atoms with Crippen LogP contribution in [0.25, 0.3) is 11.1 Å². The van der Waals surface area contributed by atoms with Crippen molar-refractivity contribution in [2.24, 2.45) is 0 Å². The van der Waals surface area contributed by atoms with Crippen molar-refractivity contribution in [3.63, 3.8) is 0 Å². The SMILES string of the molecule is COC(=O)c1ccc(O)c(NC(=O)OCC2c3ccccc3-c3ccccc32)c1F. The summed E-state index contributed by atoms with van der Waals surface area (Å²) in [4.78, 5) is 24.0. The van der Waals surface area contributed by atoms with E-state index in [9.17, 15) is 19.1 Å². The van der Waals surface area contributed by atoms with Crippen LogP contribution >= 0.6 is 0 Å². The molecule has 6 nitrogen and oxygen atoms in total. The summed E-state index contributed by atoms with van der Waals surface area (Å²) in [5, 5.41) is 12.1. The minimum absolute atomic E-state index is 0.0267. The molecule has 152 valence electrons. The normalized spacial score (nSPS) is 12.1. The van der Waals surface area contributed by atoms with Crippen LogP contribution < -0.4 is 5.32 Å². The fourth-order valence-electron chi connectivity index (χ4n) is 3.69. The third-order valence-corrected chi connectivity index (χ3v) is 5.10. The predicted molar refractivity (Wildman–Crippen MR) is 108 cm³/mol. The van der Waals surface area contributed by atoms with E-state index in [1.165, 1.54) is 0 Å². The first-order chi connectivity index (χ1) is 14.5. The van der Waals surface area contributed by atoms with Crippen LogP contribution in [0, 0.1) is 5.82 Å². The lowest BCUT2D eigenvalue weighted by molar-refractivity contribution is 0.0595. The number of carbonyl (C=O) groups excluding carboxylic acids is 2. The maximum Gasteiger partial charge on any atom is 0.411 e. The zero-order valence-corrected chi connectivity index (χ0v) is 16.0. The van der Waals surface area contributed by atoms with Gasteiger partial charge in [-0.2, -0.15) is 0 Å². The number of carbonyl (C=O) groups is 2. The standard InChI is InChI=1S/C23H18FNO5/c1-29-22(27)17-10-11-19(26)21(20(17)24)25-23(28)30-12-18-15-8-4-2-6-13(15)14-7-3-5-9-16(14)18/h2-11,18,26H,12H2,1H3,(H,25,28). The van der Waals surface area contributed by atoms with E-state index < -0.39 is 34.9 Å². The Labute approximate surface area is 171 Å². The number of phenols is 1. The van der Waals surface area contributed by atoms with E-state index in [1.54, 1.807) is 0 Å². The van der Waals surface area contributed by atoms with E-state index in [4.69, 9.17) is 4.74 Å². The van der Waals surface area contributed by atoms with Gasteiger partial charge in [-0.1, -0.05) is 48.5 Å². The van der Waals surface area contributed by atoms with Gasteiger partial charge in [0, 0.05) is 5.92 Å². The Morgan fingerprint density at radius 3 is 2.20 bits per heavy atom. The molecule has 0 radical (unpaired) electrons. The van der Waals surface area contributed by atoms with Gasteiger partial charge in [-0.3, -0.25) is 5.32 Å². The van der Waals surface area contributed by atoms with Crippen molar-refractivity contribution in [1.29, 1.82) is 0 Å². The lowest BCUT2D eigenvalue weighted by Gasteiger charge is -2.15. The minimum atomic E-state index is -1.10. The summed E-state index contributed by atoms with van der Waals surface area (Å²) in [6.45, 7) is 0.0267.